The first-order chi connectivity index (χ1) is 14.7. The van der Waals surface area contributed by atoms with E-state index >= 15 is 0 Å². The van der Waals surface area contributed by atoms with Crippen LogP contribution in [0.3, 0.4) is 0 Å². The zero-order valence-corrected chi connectivity index (χ0v) is 16.0. The molecule has 5 rings (SSSR count). The number of hydrogen-bond acceptors (Lipinski definition) is 6. The number of aromatic nitrogens is 1. The molecule has 1 saturated heterocycles. The largest absolute Gasteiger partial charge is 0.459 e. The van der Waals surface area contributed by atoms with Gasteiger partial charge in [-0.2, -0.15) is 0 Å². The number of anilines is 1. The first kappa shape index (κ1) is 18.2. The molecule has 7 heteroatoms. The van der Waals surface area contributed by atoms with Crippen LogP contribution in [0.15, 0.2) is 75.7 Å². The van der Waals surface area contributed by atoms with Crippen LogP contribution < -0.4 is 4.90 Å². The van der Waals surface area contributed by atoms with Crippen molar-refractivity contribution in [3.8, 4) is 11.5 Å². The second-order valence-electron chi connectivity index (χ2n) is 7.18. The molecule has 7 nitrogen and oxygen atoms in total. The quantitative estimate of drug-likeness (QED) is 0.466. The van der Waals surface area contributed by atoms with Crippen LogP contribution in [-0.2, 0) is 20.9 Å². The summed E-state index contributed by atoms with van der Waals surface area (Å²) in [6.07, 6.45) is 0.136. The number of furan rings is 1. The average molecular weight is 402 g/mol. The van der Waals surface area contributed by atoms with Crippen molar-refractivity contribution in [3.05, 3.63) is 72.4 Å². The number of para-hydroxylation sites is 2. The van der Waals surface area contributed by atoms with Gasteiger partial charge in [0.25, 0.3) is 0 Å². The number of carbonyl (C=O) groups is 2. The Hall–Kier alpha value is -3.87. The van der Waals surface area contributed by atoms with E-state index in [0.29, 0.717) is 23.8 Å². The zero-order valence-electron chi connectivity index (χ0n) is 16.0. The molecule has 0 N–H and O–H groups in total. The lowest BCUT2D eigenvalue weighted by Crippen LogP contribution is -2.26. The molecule has 1 fully saturated rings. The fraction of sp³-hybridized carbons (Fsp3) is 0.174. The maximum atomic E-state index is 12.5. The number of fused-ring (bicyclic) bond motifs is 1. The summed E-state index contributed by atoms with van der Waals surface area (Å²) in [5.41, 5.74) is 2.01. The van der Waals surface area contributed by atoms with E-state index in [1.54, 1.807) is 11.0 Å². The SMILES string of the molecule is O=C(OCc1cc(-c2cc3ccccc3o2)on1)[C@H]1CC(=O)N(c2ccccc2)C1. The molecule has 0 saturated carbocycles. The average Bonchev–Trinajstić information content (AvgIpc) is 3.50. The van der Waals surface area contributed by atoms with Crippen LogP contribution >= 0.6 is 0 Å². The predicted molar refractivity (Wildman–Crippen MR) is 108 cm³/mol. The maximum absolute atomic E-state index is 12.5. The molecule has 1 amide bonds. The third-order valence-corrected chi connectivity index (χ3v) is 5.12. The summed E-state index contributed by atoms with van der Waals surface area (Å²) in [6, 6.07) is 20.5. The molecule has 0 spiro atoms. The van der Waals surface area contributed by atoms with Gasteiger partial charge < -0.3 is 18.6 Å². The summed E-state index contributed by atoms with van der Waals surface area (Å²) < 4.78 is 16.5. The van der Waals surface area contributed by atoms with Crippen LogP contribution in [0.4, 0.5) is 5.69 Å². The van der Waals surface area contributed by atoms with Crippen LogP contribution in [0.25, 0.3) is 22.5 Å². The maximum Gasteiger partial charge on any atom is 0.311 e. The molecule has 30 heavy (non-hydrogen) atoms. The van der Waals surface area contributed by atoms with Gasteiger partial charge in [-0.15, -0.1) is 0 Å². The third-order valence-electron chi connectivity index (χ3n) is 5.12. The van der Waals surface area contributed by atoms with E-state index in [-0.39, 0.29) is 18.9 Å². The molecule has 0 bridgehead atoms. The van der Waals surface area contributed by atoms with E-state index in [1.165, 1.54) is 0 Å². The number of hydrogen-bond donors (Lipinski definition) is 0. The molecule has 2 aromatic heterocycles. The van der Waals surface area contributed by atoms with E-state index in [0.717, 1.165) is 16.7 Å². The molecule has 4 aromatic rings. The second-order valence-corrected chi connectivity index (χ2v) is 7.18. The molecule has 150 valence electrons. The topological polar surface area (TPSA) is 85.8 Å². The van der Waals surface area contributed by atoms with Crippen molar-refractivity contribution in [1.29, 1.82) is 0 Å². The number of ether oxygens (including phenoxy) is 1. The highest BCUT2D eigenvalue weighted by atomic mass is 16.5. The van der Waals surface area contributed by atoms with Gasteiger partial charge >= 0.3 is 5.97 Å². The van der Waals surface area contributed by atoms with Gasteiger partial charge in [0.05, 0.1) is 5.92 Å². The summed E-state index contributed by atoms with van der Waals surface area (Å²) in [5, 5.41) is 4.91. The summed E-state index contributed by atoms with van der Waals surface area (Å²) in [4.78, 5) is 26.3. The lowest BCUT2D eigenvalue weighted by atomic mass is 10.1. The Morgan fingerprint density at radius 2 is 1.87 bits per heavy atom. The van der Waals surface area contributed by atoms with Crippen molar-refractivity contribution in [2.75, 3.05) is 11.4 Å². The number of nitrogens with zero attached hydrogens (tertiary/aromatic N) is 2. The second kappa shape index (κ2) is 7.51. The van der Waals surface area contributed by atoms with Gasteiger partial charge in [-0.25, -0.2) is 0 Å². The van der Waals surface area contributed by atoms with E-state index in [1.807, 2.05) is 60.7 Å². The first-order valence-corrected chi connectivity index (χ1v) is 9.64. The Morgan fingerprint density at radius 1 is 1.07 bits per heavy atom. The fourth-order valence-electron chi connectivity index (χ4n) is 3.59. The van der Waals surface area contributed by atoms with E-state index in [2.05, 4.69) is 5.16 Å². The standard InChI is InChI=1S/C23H18N2O5/c26-22-11-16(13-25(22)18-7-2-1-3-8-18)23(27)28-14-17-12-21(30-24-17)20-10-15-6-4-5-9-19(15)29-20/h1-10,12,16H,11,13-14H2/t16-/m0/s1. The van der Waals surface area contributed by atoms with Gasteiger partial charge in [0.1, 0.15) is 17.9 Å². The highest BCUT2D eigenvalue weighted by Gasteiger charge is 2.36. The van der Waals surface area contributed by atoms with E-state index in [4.69, 9.17) is 13.7 Å². The van der Waals surface area contributed by atoms with Gasteiger partial charge in [0, 0.05) is 30.1 Å². The third kappa shape index (κ3) is 3.45. The van der Waals surface area contributed by atoms with Gasteiger partial charge in [-0.05, 0) is 24.3 Å². The van der Waals surface area contributed by atoms with Gasteiger partial charge in [0.2, 0.25) is 11.7 Å². The van der Waals surface area contributed by atoms with Crippen molar-refractivity contribution in [2.24, 2.45) is 5.92 Å². The minimum absolute atomic E-state index is 0.0292. The van der Waals surface area contributed by atoms with Crippen molar-refractivity contribution in [3.63, 3.8) is 0 Å². The molecule has 2 aromatic carbocycles. The molecule has 0 unspecified atom stereocenters. The Balaban J connectivity index is 1.21. The minimum Gasteiger partial charge on any atom is -0.459 e. The monoisotopic (exact) mass is 402 g/mol. The summed E-state index contributed by atoms with van der Waals surface area (Å²) in [7, 11) is 0. The fourth-order valence-corrected chi connectivity index (χ4v) is 3.59. The number of carbonyl (C=O) groups excluding carboxylic acids is 2. The molecule has 1 aliphatic rings. The highest BCUT2D eigenvalue weighted by Crippen LogP contribution is 2.29. The number of rotatable bonds is 5. The predicted octanol–water partition coefficient (Wildman–Crippen LogP) is 4.18. The van der Waals surface area contributed by atoms with Gasteiger partial charge in [0.15, 0.2) is 5.76 Å². The lowest BCUT2D eigenvalue weighted by molar-refractivity contribution is -0.149. The molecule has 1 atom stereocenters. The van der Waals surface area contributed by atoms with Crippen LogP contribution in [-0.4, -0.2) is 23.6 Å². The number of amides is 1. The smallest absolute Gasteiger partial charge is 0.311 e. The van der Waals surface area contributed by atoms with Crippen molar-refractivity contribution < 1.29 is 23.3 Å². The molecule has 0 aliphatic carbocycles. The molecule has 0 radical (unpaired) electrons. The van der Waals surface area contributed by atoms with E-state index in [9.17, 15) is 9.59 Å². The normalized spacial score (nSPS) is 16.3. The summed E-state index contributed by atoms with van der Waals surface area (Å²) >= 11 is 0. The summed E-state index contributed by atoms with van der Waals surface area (Å²) in [6.45, 7) is 0.281. The van der Waals surface area contributed by atoms with Crippen molar-refractivity contribution in [2.45, 2.75) is 13.0 Å². The minimum atomic E-state index is -0.501. The highest BCUT2D eigenvalue weighted by molar-refractivity contribution is 5.99. The lowest BCUT2D eigenvalue weighted by Gasteiger charge is -2.16. The molecule has 3 heterocycles. The zero-order chi connectivity index (χ0) is 20.5. The first-order valence-electron chi connectivity index (χ1n) is 9.64. The number of benzene rings is 2. The molecule has 1 aliphatic heterocycles. The number of esters is 1. The van der Waals surface area contributed by atoms with Crippen molar-refractivity contribution >= 4 is 28.5 Å². The van der Waals surface area contributed by atoms with Gasteiger partial charge in [-0.1, -0.05) is 41.6 Å². The van der Waals surface area contributed by atoms with Crippen LogP contribution in [0.5, 0.6) is 0 Å². The molecular formula is C23H18N2O5. The Bertz CT molecular complexity index is 1180. The Labute approximate surface area is 171 Å². The van der Waals surface area contributed by atoms with Gasteiger partial charge in [-0.3, -0.25) is 9.59 Å². The summed E-state index contributed by atoms with van der Waals surface area (Å²) in [5.74, 6) is 0.0102. The van der Waals surface area contributed by atoms with Crippen LogP contribution in [0.2, 0.25) is 0 Å². The molecular weight excluding hydrogens is 384 g/mol. The van der Waals surface area contributed by atoms with Crippen molar-refractivity contribution in [1.82, 2.24) is 5.16 Å². The van der Waals surface area contributed by atoms with Crippen LogP contribution in [0.1, 0.15) is 12.1 Å². The van der Waals surface area contributed by atoms with Crippen LogP contribution in [0, 0.1) is 5.92 Å². The van der Waals surface area contributed by atoms with E-state index < -0.39 is 11.9 Å². The Kier molecular flexibility index (Phi) is 4.55. The Morgan fingerprint density at radius 3 is 2.70 bits per heavy atom.